The zero-order valence-corrected chi connectivity index (χ0v) is 17.4. The summed E-state index contributed by atoms with van der Waals surface area (Å²) >= 11 is 0. The molecule has 3 aromatic carbocycles. The molecule has 0 bridgehead atoms. The first-order valence-corrected chi connectivity index (χ1v) is 10.5. The highest BCUT2D eigenvalue weighted by Gasteiger charge is 2.34. The van der Waals surface area contributed by atoms with E-state index in [2.05, 4.69) is 9.46 Å². The van der Waals surface area contributed by atoms with Crippen molar-refractivity contribution in [2.75, 3.05) is 4.72 Å². The third kappa shape index (κ3) is 5.70. The summed E-state index contributed by atoms with van der Waals surface area (Å²) in [7, 11) is -4.46. The molecule has 0 radical (unpaired) electrons. The van der Waals surface area contributed by atoms with Crippen molar-refractivity contribution < 1.29 is 31.1 Å². The summed E-state index contributed by atoms with van der Waals surface area (Å²) in [6.45, 7) is 1.76. The summed E-state index contributed by atoms with van der Waals surface area (Å²) in [6.07, 6.45) is -5.06. The molecule has 0 saturated carbocycles. The van der Waals surface area contributed by atoms with E-state index in [-0.39, 0.29) is 17.3 Å². The smallest absolute Gasteiger partial charge is 0.455 e. The summed E-state index contributed by atoms with van der Waals surface area (Å²) in [5, 5.41) is 7.42. The van der Waals surface area contributed by atoms with Gasteiger partial charge in [-0.25, -0.2) is 8.42 Å². The number of ether oxygens (including phenoxy) is 2. The van der Waals surface area contributed by atoms with E-state index in [0.717, 1.165) is 17.7 Å². The van der Waals surface area contributed by atoms with Gasteiger partial charge in [-0.05, 0) is 61.0 Å². The predicted molar refractivity (Wildman–Crippen MR) is 113 cm³/mol. The lowest BCUT2D eigenvalue weighted by atomic mass is 10.2. The molecule has 0 aliphatic heterocycles. The maximum Gasteiger partial charge on any atom is 0.573 e. The van der Waals surface area contributed by atoms with Crippen LogP contribution in [0, 0.1) is 12.3 Å². The number of hydrogen-bond donors (Lipinski definition) is 3. The van der Waals surface area contributed by atoms with E-state index in [9.17, 15) is 21.6 Å². The number of alkyl halides is 3. The van der Waals surface area contributed by atoms with Crippen molar-refractivity contribution in [2.24, 2.45) is 5.73 Å². The standard InChI is InChI=1S/C21H18F3N3O4S/c1-13-6-11-16(18(12-13)30-15-9-7-14(8-10-15)20(25)26)27-32(28,29)19-5-3-2-4-17(19)31-21(22,23)24/h2-12,27H,1H3,(H3,25,26). The van der Waals surface area contributed by atoms with Crippen molar-refractivity contribution in [3.8, 4) is 17.2 Å². The number of aryl methyl sites for hydroxylation is 1. The molecule has 0 aromatic heterocycles. The molecule has 0 aliphatic rings. The Morgan fingerprint density at radius 2 is 1.66 bits per heavy atom. The molecule has 0 fully saturated rings. The van der Waals surface area contributed by atoms with Gasteiger partial charge in [-0.3, -0.25) is 10.1 Å². The average Bonchev–Trinajstić information content (AvgIpc) is 2.69. The van der Waals surface area contributed by atoms with E-state index in [1.54, 1.807) is 43.3 Å². The van der Waals surface area contributed by atoms with Crippen LogP contribution in [0.2, 0.25) is 0 Å². The van der Waals surface area contributed by atoms with Gasteiger partial charge in [0.15, 0.2) is 5.75 Å². The van der Waals surface area contributed by atoms with Gasteiger partial charge in [0.05, 0.1) is 5.69 Å². The third-order valence-corrected chi connectivity index (χ3v) is 5.54. The fourth-order valence-electron chi connectivity index (χ4n) is 2.71. The van der Waals surface area contributed by atoms with Crippen molar-refractivity contribution in [3.05, 3.63) is 77.9 Å². The molecule has 7 nitrogen and oxygen atoms in total. The average molecular weight is 465 g/mol. The van der Waals surface area contributed by atoms with E-state index in [1.165, 1.54) is 18.2 Å². The molecular weight excluding hydrogens is 447 g/mol. The Bertz CT molecular complexity index is 1240. The van der Waals surface area contributed by atoms with E-state index in [4.69, 9.17) is 15.9 Å². The second-order valence-electron chi connectivity index (χ2n) is 6.64. The molecule has 168 valence electrons. The van der Waals surface area contributed by atoms with Crippen molar-refractivity contribution >= 4 is 21.5 Å². The maximum atomic E-state index is 12.9. The number of amidine groups is 1. The quantitative estimate of drug-likeness (QED) is 0.344. The van der Waals surface area contributed by atoms with E-state index >= 15 is 0 Å². The summed E-state index contributed by atoms with van der Waals surface area (Å²) < 4.78 is 75.7. The Kier molecular flexibility index (Phi) is 6.30. The lowest BCUT2D eigenvalue weighted by molar-refractivity contribution is -0.275. The Morgan fingerprint density at radius 1 is 1.00 bits per heavy atom. The highest BCUT2D eigenvalue weighted by atomic mass is 32.2. The second kappa shape index (κ2) is 8.79. The largest absolute Gasteiger partial charge is 0.573 e. The minimum absolute atomic E-state index is 0.00746. The van der Waals surface area contributed by atoms with Crippen LogP contribution >= 0.6 is 0 Å². The van der Waals surface area contributed by atoms with Crippen LogP contribution in [0.15, 0.2) is 71.6 Å². The SMILES string of the molecule is Cc1ccc(NS(=O)(=O)c2ccccc2OC(F)(F)F)c(Oc2ccc(C(=N)N)cc2)c1. The Morgan fingerprint density at radius 3 is 2.28 bits per heavy atom. The summed E-state index contributed by atoms with van der Waals surface area (Å²) in [5.74, 6) is -0.526. The lowest BCUT2D eigenvalue weighted by Crippen LogP contribution is -2.21. The predicted octanol–water partition coefficient (Wildman–Crippen LogP) is 4.77. The van der Waals surface area contributed by atoms with Crippen LogP contribution in [-0.4, -0.2) is 20.6 Å². The molecule has 11 heteroatoms. The first-order valence-electron chi connectivity index (χ1n) is 9.05. The summed E-state index contributed by atoms with van der Waals surface area (Å²) in [6, 6.07) is 15.2. The molecule has 32 heavy (non-hydrogen) atoms. The second-order valence-corrected chi connectivity index (χ2v) is 8.29. The molecule has 4 N–H and O–H groups in total. The molecule has 0 spiro atoms. The van der Waals surface area contributed by atoms with Crippen molar-refractivity contribution in [2.45, 2.75) is 18.2 Å². The molecule has 0 saturated heterocycles. The van der Waals surface area contributed by atoms with Crippen molar-refractivity contribution in [3.63, 3.8) is 0 Å². The molecule has 0 heterocycles. The highest BCUT2D eigenvalue weighted by Crippen LogP contribution is 2.35. The van der Waals surface area contributed by atoms with Gasteiger partial charge in [-0.15, -0.1) is 13.2 Å². The van der Waals surface area contributed by atoms with Gasteiger partial charge in [0.25, 0.3) is 10.0 Å². The molecule has 3 rings (SSSR count). The molecular formula is C21H18F3N3O4S. The molecule has 0 unspecified atom stereocenters. The van der Waals surface area contributed by atoms with E-state index < -0.39 is 27.0 Å². The molecule has 0 aliphatic carbocycles. The highest BCUT2D eigenvalue weighted by molar-refractivity contribution is 7.92. The number of sulfonamides is 1. The lowest BCUT2D eigenvalue weighted by Gasteiger charge is -2.17. The number of para-hydroxylation sites is 1. The van der Waals surface area contributed by atoms with Gasteiger partial charge in [-0.1, -0.05) is 18.2 Å². The fourth-order valence-corrected chi connectivity index (χ4v) is 3.91. The first kappa shape index (κ1) is 22.9. The number of benzene rings is 3. The Hall–Kier alpha value is -3.73. The molecule has 3 aromatic rings. The summed E-state index contributed by atoms with van der Waals surface area (Å²) in [5.41, 5.74) is 6.66. The Balaban J connectivity index is 1.94. The summed E-state index contributed by atoms with van der Waals surface area (Å²) in [4.78, 5) is -0.685. The van der Waals surface area contributed by atoms with Crippen LogP contribution in [0.3, 0.4) is 0 Å². The Labute approximate surface area is 182 Å². The number of rotatable bonds is 7. The van der Waals surface area contributed by atoms with Crippen LogP contribution in [0.25, 0.3) is 0 Å². The molecule has 0 atom stereocenters. The van der Waals surface area contributed by atoms with Gasteiger partial charge in [0, 0.05) is 5.56 Å². The van der Waals surface area contributed by atoms with Crippen LogP contribution < -0.4 is 19.9 Å². The normalized spacial score (nSPS) is 11.6. The monoisotopic (exact) mass is 465 g/mol. The topological polar surface area (TPSA) is 115 Å². The maximum absolute atomic E-state index is 12.9. The van der Waals surface area contributed by atoms with E-state index in [1.807, 2.05) is 0 Å². The van der Waals surface area contributed by atoms with Gasteiger partial charge in [-0.2, -0.15) is 0 Å². The van der Waals surface area contributed by atoms with Crippen LogP contribution in [0.5, 0.6) is 17.2 Å². The van der Waals surface area contributed by atoms with Crippen LogP contribution in [-0.2, 0) is 10.0 Å². The van der Waals surface area contributed by atoms with Gasteiger partial charge in [0.2, 0.25) is 0 Å². The fraction of sp³-hybridized carbons (Fsp3) is 0.0952. The van der Waals surface area contributed by atoms with Crippen LogP contribution in [0.1, 0.15) is 11.1 Å². The number of halogens is 3. The van der Waals surface area contributed by atoms with Gasteiger partial charge in [0.1, 0.15) is 22.2 Å². The molecule has 0 amide bonds. The minimum atomic E-state index is -5.06. The van der Waals surface area contributed by atoms with Crippen molar-refractivity contribution in [1.29, 1.82) is 5.41 Å². The number of nitrogens with two attached hydrogens (primary N) is 1. The van der Waals surface area contributed by atoms with Crippen molar-refractivity contribution in [1.82, 2.24) is 0 Å². The zero-order valence-electron chi connectivity index (χ0n) is 16.6. The number of nitrogen functional groups attached to an aromatic ring is 1. The zero-order chi connectivity index (χ0) is 23.5. The number of nitrogens with one attached hydrogen (secondary N) is 2. The number of hydrogen-bond acceptors (Lipinski definition) is 5. The van der Waals surface area contributed by atoms with E-state index in [0.29, 0.717) is 11.3 Å². The van der Waals surface area contributed by atoms with Crippen LogP contribution in [0.4, 0.5) is 18.9 Å². The third-order valence-electron chi connectivity index (χ3n) is 4.14. The number of anilines is 1. The van der Waals surface area contributed by atoms with Gasteiger partial charge >= 0.3 is 6.36 Å². The first-order chi connectivity index (χ1) is 14.9. The van der Waals surface area contributed by atoms with Gasteiger partial charge < -0.3 is 15.2 Å². The minimum Gasteiger partial charge on any atom is -0.455 e.